The smallest absolute Gasteiger partial charge is 0.0455 e. The normalized spacial score (nSPS) is 12.1. The van der Waals surface area contributed by atoms with E-state index >= 15 is 0 Å². The van der Waals surface area contributed by atoms with Gasteiger partial charge >= 0.3 is 0 Å². The van der Waals surface area contributed by atoms with E-state index in [2.05, 4.69) is 305 Å². The molecule has 0 aliphatic heterocycles. The Morgan fingerprint density at radius 3 is 0.841 bits per heavy atom. The Hall–Kier alpha value is -7.94. The molecule has 2 nitrogen and oxygen atoms in total. The monoisotopic (exact) mass is 894 g/mol. The first-order valence-electron chi connectivity index (χ1n) is 24.6. The molecule has 2 heteroatoms. The van der Waals surface area contributed by atoms with E-state index < -0.39 is 0 Å². The molecule has 0 spiro atoms. The number of hydrogen-bond donors (Lipinski definition) is 0. The van der Waals surface area contributed by atoms with Gasteiger partial charge in [0.25, 0.3) is 0 Å². The van der Waals surface area contributed by atoms with Gasteiger partial charge in [-0.2, -0.15) is 0 Å². The summed E-state index contributed by atoms with van der Waals surface area (Å²) in [5.74, 6) is 0. The van der Waals surface area contributed by atoms with Gasteiger partial charge in [0.1, 0.15) is 0 Å². The third-order valence-electron chi connectivity index (χ3n) is 14.4. The molecule has 9 aromatic rings. The van der Waals surface area contributed by atoms with E-state index in [0.717, 1.165) is 47.6 Å². The minimum atomic E-state index is -0.181. The van der Waals surface area contributed by atoms with Crippen molar-refractivity contribution in [3.63, 3.8) is 0 Å². The van der Waals surface area contributed by atoms with E-state index in [1.165, 1.54) is 50.1 Å². The quantitative estimate of drug-likeness (QED) is 0.0899. The van der Waals surface area contributed by atoms with Crippen LogP contribution in [0.25, 0.3) is 11.1 Å². The van der Waals surface area contributed by atoms with Crippen LogP contribution in [0.15, 0.2) is 267 Å². The number of benzene rings is 9. The standard InChI is InChI=1S/C67H62N2/c1-5-66(4,57-42-46-62(47-43-57)68(60-34-22-12-23-35-60)50-64(52-26-14-8-15-27-52)53-28-16-9-17-29-53)56-38-40-58(41-39-56)67(6-2,7-3)59-44-48-63(49-45-59)69(61-36-24-13-25-37-61)51-65(54-30-18-10-19-31-54)55-32-20-11-21-33-55/h8-51H,5-7H2,1-4H3. The summed E-state index contributed by atoms with van der Waals surface area (Å²) in [6, 6.07) is 92.3. The Morgan fingerprint density at radius 1 is 0.304 bits per heavy atom. The van der Waals surface area contributed by atoms with Crippen LogP contribution in [0.2, 0.25) is 0 Å². The van der Waals surface area contributed by atoms with Crippen molar-refractivity contribution in [3.05, 3.63) is 312 Å². The van der Waals surface area contributed by atoms with E-state index in [0.29, 0.717) is 0 Å². The van der Waals surface area contributed by atoms with Gasteiger partial charge in [-0.15, -0.1) is 0 Å². The molecule has 340 valence electrons. The summed E-state index contributed by atoms with van der Waals surface area (Å²) in [5.41, 5.74) is 16.5. The molecule has 0 saturated heterocycles. The molecule has 9 rings (SSSR count). The molecule has 0 fully saturated rings. The van der Waals surface area contributed by atoms with Crippen molar-refractivity contribution in [1.29, 1.82) is 0 Å². The van der Waals surface area contributed by atoms with Crippen LogP contribution in [0.1, 0.15) is 91.5 Å². The average Bonchev–Trinajstić information content (AvgIpc) is 3.44. The van der Waals surface area contributed by atoms with Crippen molar-refractivity contribution in [2.24, 2.45) is 0 Å². The molecule has 0 aliphatic carbocycles. The third kappa shape index (κ3) is 9.89. The van der Waals surface area contributed by atoms with Gasteiger partial charge in [-0.25, -0.2) is 0 Å². The summed E-state index contributed by atoms with van der Waals surface area (Å²) >= 11 is 0. The number of para-hydroxylation sites is 2. The second-order valence-electron chi connectivity index (χ2n) is 18.1. The zero-order chi connectivity index (χ0) is 47.5. The van der Waals surface area contributed by atoms with Crippen LogP contribution in [0.5, 0.6) is 0 Å². The number of anilines is 4. The minimum Gasteiger partial charge on any atom is -0.317 e. The Labute approximate surface area is 411 Å². The summed E-state index contributed by atoms with van der Waals surface area (Å²) in [6.45, 7) is 9.39. The lowest BCUT2D eigenvalue weighted by Gasteiger charge is -2.35. The van der Waals surface area contributed by atoms with E-state index in [4.69, 9.17) is 0 Å². The number of hydrogen-bond acceptors (Lipinski definition) is 2. The molecule has 0 amide bonds. The van der Waals surface area contributed by atoms with Crippen molar-refractivity contribution < 1.29 is 0 Å². The summed E-state index contributed by atoms with van der Waals surface area (Å²) in [6.07, 6.45) is 7.54. The van der Waals surface area contributed by atoms with E-state index in [9.17, 15) is 0 Å². The van der Waals surface area contributed by atoms with Gasteiger partial charge in [0.2, 0.25) is 0 Å². The van der Waals surface area contributed by atoms with Crippen LogP contribution in [0.3, 0.4) is 0 Å². The van der Waals surface area contributed by atoms with Crippen LogP contribution < -0.4 is 9.80 Å². The maximum atomic E-state index is 2.40. The highest BCUT2D eigenvalue weighted by molar-refractivity contribution is 5.85. The molecule has 69 heavy (non-hydrogen) atoms. The number of rotatable bonds is 17. The lowest BCUT2D eigenvalue weighted by molar-refractivity contribution is 0.477. The fraction of sp³-hybridized carbons (Fsp3) is 0.134. The SMILES string of the molecule is CCC(C)(c1ccc(N(C=C(c2ccccc2)c2ccccc2)c2ccccc2)cc1)c1ccc(C(CC)(CC)c2ccc(N(C=C(c3ccccc3)c3ccccc3)c3ccccc3)cc2)cc1. The molecule has 0 heterocycles. The van der Waals surface area contributed by atoms with Gasteiger partial charge in [-0.3, -0.25) is 0 Å². The highest BCUT2D eigenvalue weighted by Crippen LogP contribution is 2.43. The molecule has 0 aliphatic rings. The van der Waals surface area contributed by atoms with E-state index in [-0.39, 0.29) is 10.8 Å². The van der Waals surface area contributed by atoms with Gasteiger partial charge in [-0.1, -0.05) is 234 Å². The van der Waals surface area contributed by atoms with Crippen LogP contribution >= 0.6 is 0 Å². The summed E-state index contributed by atoms with van der Waals surface area (Å²) in [7, 11) is 0. The second-order valence-corrected chi connectivity index (χ2v) is 18.1. The summed E-state index contributed by atoms with van der Waals surface area (Å²) in [4.78, 5) is 4.65. The van der Waals surface area contributed by atoms with Crippen LogP contribution in [0.4, 0.5) is 22.7 Å². The largest absolute Gasteiger partial charge is 0.317 e. The molecule has 0 radical (unpaired) electrons. The predicted octanol–water partition coefficient (Wildman–Crippen LogP) is 18.0. The fourth-order valence-corrected chi connectivity index (χ4v) is 10.0. The first-order chi connectivity index (χ1) is 33.9. The zero-order valence-corrected chi connectivity index (χ0v) is 40.4. The molecule has 1 atom stereocenters. The topological polar surface area (TPSA) is 6.48 Å². The lowest BCUT2D eigenvalue weighted by Crippen LogP contribution is -2.27. The van der Waals surface area contributed by atoms with Gasteiger partial charge in [0, 0.05) is 57.1 Å². The Kier molecular flexibility index (Phi) is 14.3. The fourth-order valence-electron chi connectivity index (χ4n) is 10.0. The van der Waals surface area contributed by atoms with E-state index in [1.807, 2.05) is 0 Å². The second kappa shape index (κ2) is 21.3. The molecule has 0 N–H and O–H groups in total. The minimum absolute atomic E-state index is 0.138. The van der Waals surface area contributed by atoms with Gasteiger partial charge in [0.05, 0.1) is 0 Å². The summed E-state index contributed by atoms with van der Waals surface area (Å²) in [5, 5.41) is 0. The zero-order valence-electron chi connectivity index (χ0n) is 40.4. The maximum Gasteiger partial charge on any atom is 0.0455 e. The Bertz CT molecular complexity index is 2970. The Balaban J connectivity index is 1.02. The maximum absolute atomic E-state index is 2.40. The molecular weight excluding hydrogens is 833 g/mol. The Morgan fingerprint density at radius 2 is 0.551 bits per heavy atom. The molecular formula is C67H62N2. The van der Waals surface area contributed by atoms with Crippen LogP contribution in [-0.4, -0.2) is 0 Å². The lowest BCUT2D eigenvalue weighted by atomic mass is 9.69. The molecule has 0 aromatic heterocycles. The first-order valence-corrected chi connectivity index (χ1v) is 24.6. The van der Waals surface area contributed by atoms with Crippen molar-refractivity contribution in [2.45, 2.75) is 57.8 Å². The molecule has 0 bridgehead atoms. The predicted molar refractivity (Wildman–Crippen MR) is 295 cm³/mol. The van der Waals surface area contributed by atoms with Crippen LogP contribution in [0, 0.1) is 0 Å². The van der Waals surface area contributed by atoms with Crippen molar-refractivity contribution >= 4 is 33.9 Å². The van der Waals surface area contributed by atoms with Crippen LogP contribution in [-0.2, 0) is 10.8 Å². The van der Waals surface area contributed by atoms with Crippen molar-refractivity contribution in [2.75, 3.05) is 9.80 Å². The molecule has 1 unspecified atom stereocenters. The highest BCUT2D eigenvalue weighted by atomic mass is 15.1. The molecule has 0 saturated carbocycles. The van der Waals surface area contributed by atoms with Gasteiger partial charge < -0.3 is 9.80 Å². The average molecular weight is 895 g/mol. The van der Waals surface area contributed by atoms with Crippen molar-refractivity contribution in [3.8, 4) is 0 Å². The first kappa shape index (κ1) is 46.2. The van der Waals surface area contributed by atoms with Gasteiger partial charge in [0.15, 0.2) is 0 Å². The van der Waals surface area contributed by atoms with Gasteiger partial charge in [-0.05, 0) is 112 Å². The summed E-state index contributed by atoms with van der Waals surface area (Å²) < 4.78 is 0. The number of nitrogens with zero attached hydrogens (tertiary/aromatic N) is 2. The third-order valence-corrected chi connectivity index (χ3v) is 14.4. The van der Waals surface area contributed by atoms with E-state index in [1.54, 1.807) is 0 Å². The van der Waals surface area contributed by atoms with Crippen molar-refractivity contribution in [1.82, 2.24) is 0 Å². The molecule has 9 aromatic carbocycles. The highest BCUT2D eigenvalue weighted by Gasteiger charge is 2.33.